The lowest BCUT2D eigenvalue weighted by Crippen LogP contribution is -2.45. The number of amidine groups is 2. The van der Waals surface area contributed by atoms with E-state index < -0.39 is 0 Å². The fourth-order valence-electron chi connectivity index (χ4n) is 2.74. The van der Waals surface area contributed by atoms with Gasteiger partial charge in [-0.2, -0.15) is 0 Å². The molecule has 2 N–H and O–H groups in total. The van der Waals surface area contributed by atoms with Crippen LogP contribution in [0.25, 0.3) is 10.8 Å². The second-order valence-electron chi connectivity index (χ2n) is 5.91. The molecule has 3 heteroatoms. The first-order chi connectivity index (χ1) is 8.91. The van der Waals surface area contributed by atoms with Gasteiger partial charge < -0.3 is 4.90 Å². The molecule has 3 nitrogen and oxygen atoms in total. The van der Waals surface area contributed by atoms with Crippen molar-refractivity contribution in [1.82, 2.24) is 4.90 Å². The summed E-state index contributed by atoms with van der Waals surface area (Å²) in [6.07, 6.45) is 0. The smallest absolute Gasteiger partial charge is 0.135 e. The Kier molecular flexibility index (Phi) is 2.30. The van der Waals surface area contributed by atoms with Crippen molar-refractivity contribution in [1.29, 1.82) is 10.8 Å². The first kappa shape index (κ1) is 11.9. The van der Waals surface area contributed by atoms with E-state index in [2.05, 4.69) is 0 Å². The highest BCUT2D eigenvalue weighted by molar-refractivity contribution is 6.28. The van der Waals surface area contributed by atoms with Gasteiger partial charge in [0.2, 0.25) is 0 Å². The molecule has 0 saturated carbocycles. The highest BCUT2D eigenvalue weighted by Crippen LogP contribution is 2.33. The Labute approximate surface area is 112 Å². The van der Waals surface area contributed by atoms with E-state index in [1.54, 1.807) is 4.90 Å². The molecule has 0 unspecified atom stereocenters. The first-order valence-electron chi connectivity index (χ1n) is 6.41. The highest BCUT2D eigenvalue weighted by Gasteiger charge is 2.37. The van der Waals surface area contributed by atoms with Gasteiger partial charge in [-0.05, 0) is 37.6 Å². The third kappa shape index (κ3) is 1.58. The van der Waals surface area contributed by atoms with Crippen molar-refractivity contribution in [3.63, 3.8) is 0 Å². The van der Waals surface area contributed by atoms with Crippen LogP contribution in [0.2, 0.25) is 0 Å². The van der Waals surface area contributed by atoms with Gasteiger partial charge in [0, 0.05) is 16.7 Å². The zero-order valence-corrected chi connectivity index (χ0v) is 11.4. The molecule has 96 valence electrons. The summed E-state index contributed by atoms with van der Waals surface area (Å²) < 4.78 is 0. The average molecular weight is 251 g/mol. The van der Waals surface area contributed by atoms with Crippen molar-refractivity contribution in [2.75, 3.05) is 0 Å². The van der Waals surface area contributed by atoms with Crippen molar-refractivity contribution >= 4 is 22.4 Å². The number of benzene rings is 2. The van der Waals surface area contributed by atoms with Crippen LogP contribution in [-0.4, -0.2) is 22.1 Å². The van der Waals surface area contributed by atoms with Gasteiger partial charge in [-0.15, -0.1) is 0 Å². The van der Waals surface area contributed by atoms with Crippen molar-refractivity contribution in [3.8, 4) is 0 Å². The number of hydrogen-bond donors (Lipinski definition) is 2. The predicted molar refractivity (Wildman–Crippen MR) is 79.2 cm³/mol. The predicted octanol–water partition coefficient (Wildman–Crippen LogP) is 3.60. The minimum absolute atomic E-state index is 0.256. The third-order valence-corrected chi connectivity index (χ3v) is 3.54. The molecule has 0 spiro atoms. The molecular formula is C16H17N3. The fourth-order valence-corrected chi connectivity index (χ4v) is 2.74. The molecule has 19 heavy (non-hydrogen) atoms. The maximum Gasteiger partial charge on any atom is 0.135 e. The summed E-state index contributed by atoms with van der Waals surface area (Å²) in [5.74, 6) is 0.863. The van der Waals surface area contributed by atoms with Crippen LogP contribution in [0.3, 0.4) is 0 Å². The second-order valence-corrected chi connectivity index (χ2v) is 5.91. The van der Waals surface area contributed by atoms with Crippen LogP contribution in [0, 0.1) is 10.8 Å². The van der Waals surface area contributed by atoms with Crippen LogP contribution < -0.4 is 0 Å². The molecule has 0 saturated heterocycles. The summed E-state index contributed by atoms with van der Waals surface area (Å²) in [4.78, 5) is 1.80. The molecule has 0 radical (unpaired) electrons. The summed E-state index contributed by atoms with van der Waals surface area (Å²) in [5, 5.41) is 19.0. The Hall–Kier alpha value is -2.16. The summed E-state index contributed by atoms with van der Waals surface area (Å²) in [7, 11) is 0. The van der Waals surface area contributed by atoms with Gasteiger partial charge in [0.15, 0.2) is 0 Å². The second kappa shape index (κ2) is 3.67. The minimum atomic E-state index is -0.256. The molecule has 0 atom stereocenters. The maximum atomic E-state index is 8.44. The van der Waals surface area contributed by atoms with Crippen LogP contribution in [0.15, 0.2) is 36.4 Å². The lowest BCUT2D eigenvalue weighted by Gasteiger charge is -2.33. The molecule has 2 aromatic carbocycles. The summed E-state index contributed by atoms with van der Waals surface area (Å²) in [6, 6.07) is 12.1. The zero-order chi connectivity index (χ0) is 13.8. The Morgan fingerprint density at radius 2 is 1.58 bits per heavy atom. The van der Waals surface area contributed by atoms with Crippen LogP contribution in [-0.2, 0) is 0 Å². The largest absolute Gasteiger partial charge is 0.306 e. The first-order valence-corrected chi connectivity index (χ1v) is 6.41. The molecule has 0 amide bonds. The number of nitrogens with zero attached hydrogens (tertiary/aromatic N) is 1. The van der Waals surface area contributed by atoms with Gasteiger partial charge in [-0.1, -0.05) is 30.3 Å². The lowest BCUT2D eigenvalue weighted by atomic mass is 10.0. The SMILES string of the molecule is CC(C)(C)N1C(=N)c2ccc3ccccc3c2C1=N. The van der Waals surface area contributed by atoms with E-state index in [1.807, 2.05) is 57.2 Å². The molecule has 0 bridgehead atoms. The number of rotatable bonds is 0. The average Bonchev–Trinajstić information content (AvgIpc) is 2.61. The fraction of sp³-hybridized carbons (Fsp3) is 0.250. The van der Waals surface area contributed by atoms with E-state index >= 15 is 0 Å². The topological polar surface area (TPSA) is 50.9 Å². The minimum Gasteiger partial charge on any atom is -0.306 e. The van der Waals surface area contributed by atoms with Crippen molar-refractivity contribution in [3.05, 3.63) is 47.5 Å². The summed E-state index contributed by atoms with van der Waals surface area (Å²) in [6.45, 7) is 6.10. The molecule has 1 heterocycles. The summed E-state index contributed by atoms with van der Waals surface area (Å²) in [5.41, 5.74) is 1.49. The van der Waals surface area contributed by atoms with Gasteiger partial charge in [-0.3, -0.25) is 10.8 Å². The molecule has 0 aromatic heterocycles. The van der Waals surface area contributed by atoms with Crippen LogP contribution >= 0.6 is 0 Å². The van der Waals surface area contributed by atoms with Crippen LogP contribution in [0.1, 0.15) is 31.9 Å². The normalized spacial score (nSPS) is 15.2. The van der Waals surface area contributed by atoms with Crippen LogP contribution in [0.4, 0.5) is 0 Å². The molecule has 1 aliphatic heterocycles. The van der Waals surface area contributed by atoms with Crippen molar-refractivity contribution < 1.29 is 0 Å². The third-order valence-electron chi connectivity index (χ3n) is 3.54. The Bertz CT molecular complexity index is 707. The Morgan fingerprint density at radius 1 is 0.895 bits per heavy atom. The molecule has 3 rings (SSSR count). The zero-order valence-electron chi connectivity index (χ0n) is 11.4. The molecule has 1 aliphatic rings. The quantitative estimate of drug-likeness (QED) is 0.738. The molecular weight excluding hydrogens is 234 g/mol. The maximum absolute atomic E-state index is 8.44. The van der Waals surface area contributed by atoms with E-state index in [0.29, 0.717) is 11.7 Å². The molecule has 2 aromatic rings. The Balaban J connectivity index is 2.31. The van der Waals surface area contributed by atoms with Gasteiger partial charge in [0.1, 0.15) is 11.7 Å². The number of nitrogens with one attached hydrogen (secondary N) is 2. The van der Waals surface area contributed by atoms with E-state index in [0.717, 1.165) is 21.9 Å². The molecule has 0 fully saturated rings. The van der Waals surface area contributed by atoms with Crippen molar-refractivity contribution in [2.45, 2.75) is 26.3 Å². The van der Waals surface area contributed by atoms with Crippen LogP contribution in [0.5, 0.6) is 0 Å². The van der Waals surface area contributed by atoms with Gasteiger partial charge >= 0.3 is 0 Å². The lowest BCUT2D eigenvalue weighted by molar-refractivity contribution is 0.345. The monoisotopic (exact) mass is 251 g/mol. The highest BCUT2D eigenvalue weighted by atomic mass is 15.3. The Morgan fingerprint density at radius 3 is 2.26 bits per heavy atom. The number of hydrogen-bond acceptors (Lipinski definition) is 2. The van der Waals surface area contributed by atoms with Gasteiger partial charge in [0.05, 0.1) is 0 Å². The van der Waals surface area contributed by atoms with Gasteiger partial charge in [-0.25, -0.2) is 0 Å². The van der Waals surface area contributed by atoms with E-state index in [1.165, 1.54) is 0 Å². The standard InChI is InChI=1S/C16H17N3/c1-16(2,3)19-14(17)12-9-8-10-6-4-5-7-11(10)13(12)15(19)18/h4-9,17-18H,1-3H3. The number of fused-ring (bicyclic) bond motifs is 3. The van der Waals surface area contributed by atoms with E-state index in [4.69, 9.17) is 10.8 Å². The van der Waals surface area contributed by atoms with Crippen molar-refractivity contribution in [2.24, 2.45) is 0 Å². The van der Waals surface area contributed by atoms with Gasteiger partial charge in [0.25, 0.3) is 0 Å². The van der Waals surface area contributed by atoms with E-state index in [-0.39, 0.29) is 5.54 Å². The molecule has 0 aliphatic carbocycles. The summed E-state index contributed by atoms with van der Waals surface area (Å²) >= 11 is 0. The van der Waals surface area contributed by atoms with E-state index in [9.17, 15) is 0 Å².